The minimum absolute atomic E-state index is 0.00373. The minimum atomic E-state index is -0.427. The Balaban J connectivity index is 1.04. The van der Waals surface area contributed by atoms with Crippen molar-refractivity contribution in [3.63, 3.8) is 0 Å². The van der Waals surface area contributed by atoms with Crippen molar-refractivity contribution < 1.29 is 0 Å². The summed E-state index contributed by atoms with van der Waals surface area (Å²) in [5.74, 6) is 0. The van der Waals surface area contributed by atoms with Crippen molar-refractivity contribution in [2.45, 2.75) is 101 Å². The van der Waals surface area contributed by atoms with Crippen LogP contribution in [0.3, 0.4) is 0 Å². The highest BCUT2D eigenvalue weighted by molar-refractivity contribution is 7.01. The van der Waals surface area contributed by atoms with Gasteiger partial charge in [0.05, 0.1) is 5.54 Å². The van der Waals surface area contributed by atoms with Crippen LogP contribution in [0.25, 0.3) is 22.3 Å². The summed E-state index contributed by atoms with van der Waals surface area (Å²) in [6, 6.07) is 73.5. The molecule has 0 saturated heterocycles. The topological polar surface area (TPSA) is 9.72 Å². The molecule has 74 heavy (non-hydrogen) atoms. The number of anilines is 8. The van der Waals surface area contributed by atoms with Crippen LogP contribution in [0.1, 0.15) is 119 Å². The van der Waals surface area contributed by atoms with Gasteiger partial charge < -0.3 is 14.7 Å². The standard InChI is InChI=1S/C70H60BN3/c1-66(2)51-25-13-11-23-47(51)49-35-33-44(39-56(49)66)72-59-31-19-28-54-63(59)71-64-55(70(54,7)43-21-9-8-10-22-43)29-20-32-60(64)73(45-34-36-50-48-24-12-14-26-52(48)67(3,4)57(50)40-45)62-42-46(41-61(72)65(62)71)74-58-30-16-15-27-53(58)68(5)37-17-18-38-69(68,74)6/h8-16,19-36,39-42H,17-18,37-38H2,1-7H3. The van der Waals surface area contributed by atoms with E-state index in [1.54, 1.807) is 0 Å². The molecular formula is C70H60BN3. The fourth-order valence-electron chi connectivity index (χ4n) is 16.6. The highest BCUT2D eigenvalue weighted by Gasteiger charge is 2.59. The highest BCUT2D eigenvalue weighted by Crippen LogP contribution is 2.63. The predicted molar refractivity (Wildman–Crippen MR) is 310 cm³/mol. The Morgan fingerprint density at radius 2 is 0.811 bits per heavy atom. The zero-order valence-corrected chi connectivity index (χ0v) is 43.6. The Morgan fingerprint density at radius 3 is 1.38 bits per heavy atom. The van der Waals surface area contributed by atoms with E-state index in [1.807, 2.05) is 0 Å². The average molecular weight is 954 g/mol. The zero-order valence-electron chi connectivity index (χ0n) is 43.6. The number of nitrogens with zero attached hydrogens (tertiary/aromatic N) is 3. The molecule has 0 N–H and O–H groups in total. The van der Waals surface area contributed by atoms with E-state index in [1.165, 1.54) is 148 Å². The van der Waals surface area contributed by atoms with Gasteiger partial charge >= 0.3 is 0 Å². The van der Waals surface area contributed by atoms with E-state index >= 15 is 0 Å². The summed E-state index contributed by atoms with van der Waals surface area (Å²) in [5, 5.41) is 0. The first-order chi connectivity index (χ1) is 35.9. The molecule has 0 radical (unpaired) electrons. The van der Waals surface area contributed by atoms with Crippen LogP contribution in [0.5, 0.6) is 0 Å². The van der Waals surface area contributed by atoms with Crippen LogP contribution >= 0.6 is 0 Å². The quantitative estimate of drug-likeness (QED) is 0.163. The Morgan fingerprint density at radius 1 is 0.351 bits per heavy atom. The molecule has 2 atom stereocenters. The molecule has 0 amide bonds. The lowest BCUT2D eigenvalue weighted by molar-refractivity contribution is 0.195. The Hall–Kier alpha value is -7.56. The van der Waals surface area contributed by atoms with E-state index < -0.39 is 5.41 Å². The molecule has 0 aromatic heterocycles. The highest BCUT2D eigenvalue weighted by atomic mass is 15.3. The molecule has 1 fully saturated rings. The molecule has 1 saturated carbocycles. The van der Waals surface area contributed by atoms with Gasteiger partial charge in [0.25, 0.3) is 6.71 Å². The van der Waals surface area contributed by atoms with Gasteiger partial charge in [-0.25, -0.2) is 0 Å². The third kappa shape index (κ3) is 5.01. The summed E-state index contributed by atoms with van der Waals surface area (Å²) >= 11 is 0. The van der Waals surface area contributed by atoms with Gasteiger partial charge in [-0.1, -0.05) is 181 Å². The second-order valence-electron chi connectivity index (χ2n) is 24.4. The van der Waals surface area contributed by atoms with E-state index in [2.05, 4.69) is 251 Å². The maximum atomic E-state index is 2.81. The molecule has 358 valence electrons. The Labute approximate surface area is 437 Å². The fourth-order valence-corrected chi connectivity index (χ4v) is 16.6. The number of hydrogen-bond donors (Lipinski definition) is 0. The van der Waals surface area contributed by atoms with E-state index in [0.717, 1.165) is 6.42 Å². The normalized spacial score (nSPS) is 21.6. The fraction of sp³-hybridized carbons (Fsp3) is 0.229. The first kappa shape index (κ1) is 42.9. The molecule has 9 aromatic rings. The van der Waals surface area contributed by atoms with E-state index in [0.29, 0.717) is 0 Å². The van der Waals surface area contributed by atoms with Crippen molar-refractivity contribution in [2.24, 2.45) is 0 Å². The summed E-state index contributed by atoms with van der Waals surface area (Å²) in [6.07, 6.45) is 4.80. The van der Waals surface area contributed by atoms with E-state index in [-0.39, 0.29) is 28.5 Å². The van der Waals surface area contributed by atoms with Crippen LogP contribution in [0, 0.1) is 0 Å². The monoisotopic (exact) mass is 953 g/mol. The SMILES string of the molecule is CC1(C)c2ccccc2-c2ccc(N3c4cc(N5c6ccccc6C6(C)CCCCC56C)cc5c4B4c6c3cccc6C(C)(c3ccccc3)c3cccc(c34)N5c3ccc4c(c3)C(C)(C)c3ccccc3-4)cc21. The first-order valence-corrected chi connectivity index (χ1v) is 27.3. The molecule has 4 aliphatic heterocycles. The molecule has 3 aliphatic carbocycles. The maximum Gasteiger partial charge on any atom is 0.252 e. The average Bonchev–Trinajstić information content (AvgIpc) is 4.05. The summed E-state index contributed by atoms with van der Waals surface area (Å²) in [5.41, 5.74) is 30.1. The summed E-state index contributed by atoms with van der Waals surface area (Å²) in [7, 11) is 0. The van der Waals surface area contributed by atoms with Crippen LogP contribution in [-0.2, 0) is 21.7 Å². The van der Waals surface area contributed by atoms with E-state index in [4.69, 9.17) is 0 Å². The van der Waals surface area contributed by atoms with Gasteiger partial charge in [-0.15, -0.1) is 0 Å². The zero-order chi connectivity index (χ0) is 49.8. The van der Waals surface area contributed by atoms with Crippen molar-refractivity contribution in [3.05, 3.63) is 233 Å². The number of benzene rings is 9. The second kappa shape index (κ2) is 14.2. The van der Waals surface area contributed by atoms with Crippen LogP contribution in [0.15, 0.2) is 188 Å². The van der Waals surface area contributed by atoms with Gasteiger partial charge in [0.15, 0.2) is 0 Å². The second-order valence-corrected chi connectivity index (χ2v) is 24.4. The lowest BCUT2D eigenvalue weighted by Gasteiger charge is -2.53. The van der Waals surface area contributed by atoms with Gasteiger partial charge in [0.1, 0.15) is 0 Å². The molecule has 16 rings (SSSR count). The van der Waals surface area contributed by atoms with Crippen molar-refractivity contribution in [2.75, 3.05) is 14.7 Å². The van der Waals surface area contributed by atoms with Crippen molar-refractivity contribution >= 4 is 68.6 Å². The molecular weight excluding hydrogens is 894 g/mol. The number of hydrogen-bond acceptors (Lipinski definition) is 3. The molecule has 0 spiro atoms. The molecule has 3 nitrogen and oxygen atoms in total. The smallest absolute Gasteiger partial charge is 0.252 e. The first-order valence-electron chi connectivity index (χ1n) is 27.3. The van der Waals surface area contributed by atoms with E-state index in [9.17, 15) is 0 Å². The number of para-hydroxylation sites is 1. The molecule has 2 unspecified atom stereocenters. The molecule has 4 heteroatoms. The molecule has 9 aromatic carbocycles. The Kier molecular flexibility index (Phi) is 8.22. The molecule has 0 bridgehead atoms. The van der Waals surface area contributed by atoms with Gasteiger partial charge in [0, 0.05) is 67.2 Å². The number of fused-ring (bicyclic) bond motifs is 9. The third-order valence-electron chi connectivity index (χ3n) is 20.5. The van der Waals surface area contributed by atoms with Gasteiger partial charge in [-0.3, -0.25) is 0 Å². The third-order valence-corrected chi connectivity index (χ3v) is 20.5. The lowest BCUT2D eigenvalue weighted by atomic mass is 9.28. The number of rotatable bonds is 4. The largest absolute Gasteiger partial charge is 0.334 e. The van der Waals surface area contributed by atoms with Crippen molar-refractivity contribution in [1.29, 1.82) is 0 Å². The van der Waals surface area contributed by atoms with Gasteiger partial charge in [0.2, 0.25) is 0 Å². The van der Waals surface area contributed by atoms with Crippen LogP contribution in [-0.4, -0.2) is 12.3 Å². The predicted octanol–water partition coefficient (Wildman–Crippen LogP) is 15.8. The van der Waals surface area contributed by atoms with Gasteiger partial charge in [-0.2, -0.15) is 0 Å². The van der Waals surface area contributed by atoms with Crippen LogP contribution in [0.2, 0.25) is 0 Å². The minimum Gasteiger partial charge on any atom is -0.334 e. The van der Waals surface area contributed by atoms with Crippen LogP contribution in [0.4, 0.5) is 45.5 Å². The summed E-state index contributed by atoms with van der Waals surface area (Å²) < 4.78 is 0. The Bertz CT molecular complexity index is 3770. The lowest BCUT2D eigenvalue weighted by Crippen LogP contribution is -2.67. The molecule has 4 heterocycles. The summed E-state index contributed by atoms with van der Waals surface area (Å²) in [4.78, 5) is 8.21. The maximum absolute atomic E-state index is 2.81. The van der Waals surface area contributed by atoms with Gasteiger partial charge in [-0.05, 0) is 164 Å². The van der Waals surface area contributed by atoms with Crippen LogP contribution < -0.4 is 31.1 Å². The molecule has 7 aliphatic rings. The van der Waals surface area contributed by atoms with Crippen molar-refractivity contribution in [3.8, 4) is 22.3 Å². The summed E-state index contributed by atoms with van der Waals surface area (Å²) in [6.45, 7) is 17.4. The van der Waals surface area contributed by atoms with Crippen molar-refractivity contribution in [1.82, 2.24) is 0 Å².